The van der Waals surface area contributed by atoms with Gasteiger partial charge < -0.3 is 10.0 Å². The summed E-state index contributed by atoms with van der Waals surface area (Å²) in [5.41, 5.74) is 0.00178. The Bertz CT molecular complexity index is 647. The predicted molar refractivity (Wildman–Crippen MR) is 85.9 cm³/mol. The van der Waals surface area contributed by atoms with Crippen molar-refractivity contribution in [2.45, 2.75) is 32.3 Å². The van der Waals surface area contributed by atoms with Gasteiger partial charge in [0.15, 0.2) is 0 Å². The molecule has 1 N–H and O–H groups in total. The molecule has 0 bridgehead atoms. The Kier molecular flexibility index (Phi) is 3.86. The van der Waals surface area contributed by atoms with Crippen molar-refractivity contribution in [2.75, 3.05) is 13.1 Å². The van der Waals surface area contributed by atoms with E-state index in [2.05, 4.69) is 4.98 Å². The van der Waals surface area contributed by atoms with Crippen molar-refractivity contribution in [1.29, 1.82) is 0 Å². The Balaban J connectivity index is 1.85. The molecule has 21 heavy (non-hydrogen) atoms. The van der Waals surface area contributed by atoms with Gasteiger partial charge in [-0.25, -0.2) is 4.98 Å². The highest BCUT2D eigenvalue weighted by Crippen LogP contribution is 2.32. The molecule has 112 valence electrons. The highest BCUT2D eigenvalue weighted by Gasteiger charge is 2.32. The van der Waals surface area contributed by atoms with Crippen molar-refractivity contribution >= 4 is 28.6 Å². The Hall–Kier alpha value is -1.24. The Labute approximate surface area is 132 Å². The molecule has 6 heteroatoms. The van der Waals surface area contributed by atoms with Crippen LogP contribution < -0.4 is 0 Å². The second-order valence-corrected chi connectivity index (χ2v) is 7.68. The molecule has 0 saturated carbocycles. The van der Waals surface area contributed by atoms with Gasteiger partial charge in [0.1, 0.15) is 9.88 Å². The Morgan fingerprint density at radius 1 is 1.52 bits per heavy atom. The fourth-order valence-electron chi connectivity index (χ4n) is 2.64. The molecule has 1 atom stereocenters. The minimum Gasteiger partial charge on any atom is -0.388 e. The minimum atomic E-state index is -0.775. The van der Waals surface area contributed by atoms with E-state index in [1.54, 1.807) is 23.2 Å². The molecule has 4 nitrogen and oxygen atoms in total. The molecule has 1 fully saturated rings. The highest BCUT2D eigenvalue weighted by molar-refractivity contribution is 7.22. The van der Waals surface area contributed by atoms with Crippen molar-refractivity contribution in [3.63, 3.8) is 0 Å². The molecule has 1 aliphatic heterocycles. The predicted octanol–water partition coefficient (Wildman–Crippen LogP) is 3.17. The summed E-state index contributed by atoms with van der Waals surface area (Å²) in [6, 6.07) is 4.00. The van der Waals surface area contributed by atoms with Crippen molar-refractivity contribution in [3.8, 4) is 9.88 Å². The molecule has 0 radical (unpaired) electrons. The number of aromatic nitrogens is 1. The van der Waals surface area contributed by atoms with Gasteiger partial charge in [0.25, 0.3) is 5.91 Å². The maximum atomic E-state index is 12.7. The molecule has 1 unspecified atom stereocenters. The largest absolute Gasteiger partial charge is 0.388 e. The van der Waals surface area contributed by atoms with Gasteiger partial charge in [-0.05, 0) is 38.1 Å². The standard InChI is InChI=1S/C15H18N2O2S2/c1-10-12(21-13(16-10)11-5-3-8-20-11)14(18)17-7-4-6-15(2,19)9-17/h3,5,8,19H,4,6-7,9H2,1-2H3. The third-order valence-corrected chi connectivity index (χ3v) is 5.87. The van der Waals surface area contributed by atoms with E-state index in [1.165, 1.54) is 11.3 Å². The maximum absolute atomic E-state index is 12.7. The molecular formula is C15H18N2O2S2. The fourth-order valence-corrected chi connectivity index (χ4v) is 4.47. The number of carbonyl (C=O) groups excluding carboxylic acids is 1. The van der Waals surface area contributed by atoms with E-state index >= 15 is 0 Å². The zero-order chi connectivity index (χ0) is 15.0. The number of aliphatic hydroxyl groups is 1. The van der Waals surface area contributed by atoms with E-state index in [0.717, 1.165) is 28.4 Å². The normalized spacial score (nSPS) is 22.5. The monoisotopic (exact) mass is 322 g/mol. The third-order valence-electron chi connectivity index (χ3n) is 3.68. The van der Waals surface area contributed by atoms with E-state index in [0.29, 0.717) is 18.0 Å². The summed E-state index contributed by atoms with van der Waals surface area (Å²) in [5.74, 6) is -0.00668. The Morgan fingerprint density at radius 3 is 3.00 bits per heavy atom. The topological polar surface area (TPSA) is 53.4 Å². The van der Waals surface area contributed by atoms with Crippen LogP contribution in [0.25, 0.3) is 9.88 Å². The fraction of sp³-hybridized carbons (Fsp3) is 0.467. The zero-order valence-corrected chi connectivity index (χ0v) is 13.8. The quantitative estimate of drug-likeness (QED) is 0.924. The number of hydrogen-bond donors (Lipinski definition) is 1. The van der Waals surface area contributed by atoms with Crippen LogP contribution in [0.5, 0.6) is 0 Å². The van der Waals surface area contributed by atoms with E-state index in [1.807, 2.05) is 24.4 Å². The summed E-state index contributed by atoms with van der Waals surface area (Å²) < 4.78 is 0. The van der Waals surface area contributed by atoms with Crippen molar-refractivity contribution in [3.05, 3.63) is 28.1 Å². The first-order chi connectivity index (χ1) is 9.96. The summed E-state index contributed by atoms with van der Waals surface area (Å²) >= 11 is 3.07. The number of likely N-dealkylation sites (tertiary alicyclic amines) is 1. The SMILES string of the molecule is Cc1nc(-c2cccs2)sc1C(=O)N1CCCC(C)(O)C1. The van der Waals surface area contributed by atoms with Crippen molar-refractivity contribution in [2.24, 2.45) is 0 Å². The van der Waals surface area contributed by atoms with Gasteiger partial charge in [0.05, 0.1) is 16.2 Å². The molecule has 1 saturated heterocycles. The summed E-state index contributed by atoms with van der Waals surface area (Å²) in [6.07, 6.45) is 1.59. The van der Waals surface area contributed by atoms with Crippen LogP contribution in [-0.2, 0) is 0 Å². The Morgan fingerprint density at radius 2 is 2.33 bits per heavy atom. The van der Waals surface area contributed by atoms with Crippen molar-refractivity contribution in [1.82, 2.24) is 9.88 Å². The number of rotatable bonds is 2. The van der Waals surface area contributed by atoms with Gasteiger partial charge in [-0.2, -0.15) is 0 Å². The van der Waals surface area contributed by atoms with Crippen LogP contribution in [0.3, 0.4) is 0 Å². The van der Waals surface area contributed by atoms with Crippen LogP contribution in [0.4, 0.5) is 0 Å². The van der Waals surface area contributed by atoms with Crippen LogP contribution in [0.1, 0.15) is 35.1 Å². The average molecular weight is 322 g/mol. The maximum Gasteiger partial charge on any atom is 0.265 e. The first-order valence-corrected chi connectivity index (χ1v) is 8.69. The smallest absolute Gasteiger partial charge is 0.265 e. The number of hydrogen-bond acceptors (Lipinski definition) is 5. The van der Waals surface area contributed by atoms with Crippen LogP contribution in [0.15, 0.2) is 17.5 Å². The first-order valence-electron chi connectivity index (χ1n) is 6.99. The minimum absolute atomic E-state index is 0.00668. The molecule has 2 aromatic heterocycles. The molecule has 1 aliphatic rings. The van der Waals surface area contributed by atoms with Gasteiger partial charge >= 0.3 is 0 Å². The lowest BCUT2D eigenvalue weighted by atomic mass is 9.95. The van der Waals surface area contributed by atoms with E-state index in [9.17, 15) is 9.90 Å². The number of carbonyl (C=O) groups is 1. The number of amides is 1. The van der Waals surface area contributed by atoms with E-state index in [4.69, 9.17) is 0 Å². The van der Waals surface area contributed by atoms with Gasteiger partial charge in [0, 0.05) is 13.1 Å². The van der Waals surface area contributed by atoms with Gasteiger partial charge in [-0.3, -0.25) is 4.79 Å². The number of thiophene rings is 1. The average Bonchev–Trinajstić information content (AvgIpc) is 3.05. The van der Waals surface area contributed by atoms with Gasteiger partial charge in [-0.1, -0.05) is 6.07 Å². The molecule has 3 heterocycles. The van der Waals surface area contributed by atoms with Crippen LogP contribution in [-0.4, -0.2) is 39.6 Å². The van der Waals surface area contributed by atoms with Crippen LogP contribution in [0, 0.1) is 6.92 Å². The second-order valence-electron chi connectivity index (χ2n) is 5.74. The highest BCUT2D eigenvalue weighted by atomic mass is 32.1. The zero-order valence-electron chi connectivity index (χ0n) is 12.1. The van der Waals surface area contributed by atoms with Gasteiger partial charge in [-0.15, -0.1) is 22.7 Å². The lowest BCUT2D eigenvalue weighted by molar-refractivity contribution is -0.0106. The molecular weight excluding hydrogens is 304 g/mol. The van der Waals surface area contributed by atoms with Crippen LogP contribution in [0.2, 0.25) is 0 Å². The number of thiazole rings is 1. The summed E-state index contributed by atoms with van der Waals surface area (Å²) in [6.45, 7) is 4.78. The first kappa shape index (κ1) is 14.7. The van der Waals surface area contributed by atoms with E-state index < -0.39 is 5.60 Å². The van der Waals surface area contributed by atoms with E-state index in [-0.39, 0.29) is 5.91 Å². The van der Waals surface area contributed by atoms with Crippen molar-refractivity contribution < 1.29 is 9.90 Å². The number of piperidine rings is 1. The number of aryl methyl sites for hydroxylation is 1. The molecule has 3 rings (SSSR count). The van der Waals surface area contributed by atoms with Gasteiger partial charge in [0.2, 0.25) is 0 Å². The molecule has 0 aliphatic carbocycles. The van der Waals surface area contributed by atoms with Crippen LogP contribution >= 0.6 is 22.7 Å². The number of β-amino-alcohol motifs (C(OH)–C–C–N with tert-alkyl or cyclic N) is 1. The second kappa shape index (κ2) is 5.51. The molecule has 1 amide bonds. The lowest BCUT2D eigenvalue weighted by Gasteiger charge is -2.36. The lowest BCUT2D eigenvalue weighted by Crippen LogP contribution is -2.48. The summed E-state index contributed by atoms with van der Waals surface area (Å²) in [4.78, 5) is 20.7. The summed E-state index contributed by atoms with van der Waals surface area (Å²) in [7, 11) is 0. The molecule has 0 spiro atoms. The number of nitrogens with zero attached hydrogens (tertiary/aromatic N) is 2. The summed E-state index contributed by atoms with van der Waals surface area (Å²) in [5, 5.41) is 13.1. The third kappa shape index (κ3) is 3.02. The molecule has 2 aromatic rings. The molecule has 0 aromatic carbocycles.